The number of ketones is 1. The van der Waals surface area contributed by atoms with Crippen LogP contribution in [0.1, 0.15) is 48.6 Å². The van der Waals surface area contributed by atoms with Gasteiger partial charge in [-0.15, -0.1) is 0 Å². The minimum atomic E-state index is -4.48. The van der Waals surface area contributed by atoms with Crippen molar-refractivity contribution in [2.75, 3.05) is 11.9 Å². The van der Waals surface area contributed by atoms with E-state index in [4.69, 9.17) is 0 Å². The first-order valence-corrected chi connectivity index (χ1v) is 9.65. The average molecular weight is 433 g/mol. The third kappa shape index (κ3) is 5.39. The van der Waals surface area contributed by atoms with Crippen molar-refractivity contribution in [2.24, 2.45) is 5.92 Å². The molecule has 0 bridgehead atoms. The summed E-state index contributed by atoms with van der Waals surface area (Å²) in [5.74, 6) is -0.192. The van der Waals surface area contributed by atoms with Crippen LogP contribution in [0, 0.1) is 5.92 Å². The molecule has 1 atom stereocenters. The Morgan fingerprint density at radius 1 is 1.13 bits per heavy atom. The third-order valence-electron chi connectivity index (χ3n) is 4.74. The second-order valence-electron chi connectivity index (χ2n) is 7.46. The van der Waals surface area contributed by atoms with Gasteiger partial charge in [0.05, 0.1) is 29.2 Å². The molecule has 3 N–H and O–H groups in total. The molecule has 1 aromatic carbocycles. The van der Waals surface area contributed by atoms with Crippen LogP contribution < -0.4 is 10.6 Å². The van der Waals surface area contributed by atoms with Crippen LogP contribution in [0.3, 0.4) is 0 Å². The molecule has 2 heterocycles. The summed E-state index contributed by atoms with van der Waals surface area (Å²) < 4.78 is 38.6. The van der Waals surface area contributed by atoms with Crippen LogP contribution in [0.2, 0.25) is 0 Å². The zero-order valence-electron chi connectivity index (χ0n) is 17.2. The van der Waals surface area contributed by atoms with Crippen molar-refractivity contribution in [3.63, 3.8) is 0 Å². The quantitative estimate of drug-likeness (QED) is 0.521. The van der Waals surface area contributed by atoms with Crippen molar-refractivity contribution < 1.29 is 22.8 Å². The molecule has 164 valence electrons. The summed E-state index contributed by atoms with van der Waals surface area (Å²) in [7, 11) is 0. The van der Waals surface area contributed by atoms with E-state index in [9.17, 15) is 22.8 Å². The molecule has 0 saturated carbocycles. The average Bonchev–Trinajstić information content (AvgIpc) is 3.15. The molecule has 3 rings (SSSR count). The molecular formula is C21H22F3N5O2. The molecule has 10 heteroatoms. The van der Waals surface area contributed by atoms with E-state index >= 15 is 0 Å². The van der Waals surface area contributed by atoms with Gasteiger partial charge in [0.25, 0.3) is 5.91 Å². The largest absolute Gasteiger partial charge is 0.416 e. The van der Waals surface area contributed by atoms with E-state index in [2.05, 4.69) is 25.6 Å². The molecule has 0 spiro atoms. The number of rotatable bonds is 7. The molecule has 1 unspecified atom stereocenters. The summed E-state index contributed by atoms with van der Waals surface area (Å²) in [6.45, 7) is 5.52. The first-order valence-electron chi connectivity index (χ1n) is 9.65. The fourth-order valence-electron chi connectivity index (χ4n) is 2.84. The maximum absolute atomic E-state index is 12.9. The number of carbonyl (C=O) groups is 2. The smallest absolute Gasteiger partial charge is 0.363 e. The van der Waals surface area contributed by atoms with Gasteiger partial charge in [-0.3, -0.25) is 9.59 Å². The topological polar surface area (TPSA) is 99.8 Å². The maximum atomic E-state index is 12.9. The lowest BCUT2D eigenvalue weighted by atomic mass is 10.1. The molecule has 0 fully saturated rings. The van der Waals surface area contributed by atoms with Gasteiger partial charge in [0.1, 0.15) is 5.82 Å². The van der Waals surface area contributed by atoms with Crippen LogP contribution in [0.5, 0.6) is 0 Å². The number of Topliss-reactive ketones (excluding diaryl/α,β-unsaturated/α-hetero) is 1. The maximum Gasteiger partial charge on any atom is 0.416 e. The van der Waals surface area contributed by atoms with Crippen LogP contribution in [0.25, 0.3) is 11.0 Å². The number of benzene rings is 1. The monoisotopic (exact) mass is 433 g/mol. The highest BCUT2D eigenvalue weighted by Gasteiger charge is 2.31. The molecule has 0 aliphatic carbocycles. The SMILES string of the molecule is CC(C)C(=O)CNc1cc(C(C)NC(=O)c2nc3ccc(C(F)(F)F)cc3[nH]2)ccn1. The Morgan fingerprint density at radius 2 is 1.87 bits per heavy atom. The predicted molar refractivity (Wildman–Crippen MR) is 110 cm³/mol. The summed E-state index contributed by atoms with van der Waals surface area (Å²) >= 11 is 0. The minimum Gasteiger partial charge on any atom is -0.363 e. The number of hydrogen-bond donors (Lipinski definition) is 3. The van der Waals surface area contributed by atoms with Crippen LogP contribution in [0.4, 0.5) is 19.0 Å². The van der Waals surface area contributed by atoms with Crippen LogP contribution in [0.15, 0.2) is 36.5 Å². The molecule has 7 nitrogen and oxygen atoms in total. The number of carbonyl (C=O) groups excluding carboxylic acids is 2. The van der Waals surface area contributed by atoms with Gasteiger partial charge in [-0.1, -0.05) is 13.8 Å². The van der Waals surface area contributed by atoms with Crippen LogP contribution in [-0.4, -0.2) is 33.2 Å². The van der Waals surface area contributed by atoms with Gasteiger partial charge in [0, 0.05) is 12.1 Å². The summed E-state index contributed by atoms with van der Waals surface area (Å²) in [4.78, 5) is 35.2. The number of aromatic nitrogens is 3. The number of fused-ring (bicyclic) bond motifs is 1. The number of alkyl halides is 3. The first kappa shape index (κ1) is 22.3. The van der Waals surface area contributed by atoms with Crippen LogP contribution in [-0.2, 0) is 11.0 Å². The zero-order valence-corrected chi connectivity index (χ0v) is 17.2. The molecule has 1 amide bonds. The Hall–Kier alpha value is -3.43. The standard InChI is InChI=1S/C21H22F3N5O2/c1-11(2)17(30)10-26-18-8-13(6-7-25-18)12(3)27-20(31)19-28-15-5-4-14(21(22,23)24)9-16(15)29-19/h4-9,11-12H,10H2,1-3H3,(H,25,26)(H,27,31)(H,28,29). The van der Waals surface area contributed by atoms with Crippen molar-refractivity contribution in [1.29, 1.82) is 0 Å². The number of nitrogens with one attached hydrogen (secondary N) is 3. The Bertz CT molecular complexity index is 1110. The highest BCUT2D eigenvalue weighted by Crippen LogP contribution is 2.30. The van der Waals surface area contributed by atoms with E-state index in [0.29, 0.717) is 5.82 Å². The second kappa shape index (κ2) is 8.75. The molecule has 31 heavy (non-hydrogen) atoms. The Labute approximate surface area is 176 Å². The molecular weight excluding hydrogens is 411 g/mol. The summed E-state index contributed by atoms with van der Waals surface area (Å²) in [6, 6.07) is 6.05. The number of halogens is 3. The number of imidazole rings is 1. The number of pyridine rings is 1. The van der Waals surface area contributed by atoms with Gasteiger partial charge in [0.2, 0.25) is 0 Å². The first-order chi connectivity index (χ1) is 14.5. The van der Waals surface area contributed by atoms with Crippen molar-refractivity contribution in [2.45, 2.75) is 33.0 Å². The van der Waals surface area contributed by atoms with Crippen molar-refractivity contribution >= 4 is 28.5 Å². The fourth-order valence-corrected chi connectivity index (χ4v) is 2.84. The highest BCUT2D eigenvalue weighted by atomic mass is 19.4. The molecule has 2 aromatic heterocycles. The normalized spacial score (nSPS) is 12.7. The zero-order chi connectivity index (χ0) is 22.8. The lowest BCUT2D eigenvalue weighted by Gasteiger charge is -2.15. The van der Waals surface area contributed by atoms with E-state index in [1.807, 2.05) is 13.8 Å². The van der Waals surface area contributed by atoms with Gasteiger partial charge < -0.3 is 15.6 Å². The molecule has 0 aliphatic heterocycles. The number of nitrogens with zero attached hydrogens (tertiary/aromatic N) is 2. The Kier molecular flexibility index (Phi) is 6.28. The predicted octanol–water partition coefficient (Wildman–Crippen LogP) is 4.10. The van der Waals surface area contributed by atoms with E-state index in [1.54, 1.807) is 25.3 Å². The Morgan fingerprint density at radius 3 is 2.55 bits per heavy atom. The summed E-state index contributed by atoms with van der Waals surface area (Å²) in [5, 5.41) is 5.71. The van der Waals surface area contributed by atoms with E-state index in [1.165, 1.54) is 6.07 Å². The lowest BCUT2D eigenvalue weighted by Crippen LogP contribution is -2.27. The van der Waals surface area contributed by atoms with Crippen LogP contribution >= 0.6 is 0 Å². The molecule has 0 saturated heterocycles. The summed E-state index contributed by atoms with van der Waals surface area (Å²) in [5.41, 5.74) is 0.295. The van der Waals surface area contributed by atoms with E-state index in [0.717, 1.165) is 17.7 Å². The summed E-state index contributed by atoms with van der Waals surface area (Å²) in [6.07, 6.45) is -2.93. The number of H-pyrrole nitrogens is 1. The highest BCUT2D eigenvalue weighted by molar-refractivity contribution is 5.94. The third-order valence-corrected chi connectivity index (χ3v) is 4.74. The van der Waals surface area contributed by atoms with Crippen molar-refractivity contribution in [1.82, 2.24) is 20.3 Å². The van der Waals surface area contributed by atoms with Crippen molar-refractivity contribution in [3.05, 3.63) is 53.5 Å². The molecule has 3 aromatic rings. The van der Waals surface area contributed by atoms with Gasteiger partial charge in [-0.05, 0) is 42.8 Å². The second-order valence-corrected chi connectivity index (χ2v) is 7.46. The van der Waals surface area contributed by atoms with E-state index < -0.39 is 23.7 Å². The van der Waals surface area contributed by atoms with E-state index in [-0.39, 0.29) is 35.1 Å². The Balaban J connectivity index is 1.70. The number of hydrogen-bond acceptors (Lipinski definition) is 5. The van der Waals surface area contributed by atoms with Gasteiger partial charge in [0.15, 0.2) is 11.6 Å². The number of anilines is 1. The van der Waals surface area contributed by atoms with Gasteiger partial charge >= 0.3 is 6.18 Å². The fraction of sp³-hybridized carbons (Fsp3) is 0.333. The van der Waals surface area contributed by atoms with Gasteiger partial charge in [-0.25, -0.2) is 9.97 Å². The number of amides is 1. The van der Waals surface area contributed by atoms with Gasteiger partial charge in [-0.2, -0.15) is 13.2 Å². The minimum absolute atomic E-state index is 0.0483. The lowest BCUT2D eigenvalue weighted by molar-refractivity contribution is -0.137. The number of aromatic amines is 1. The van der Waals surface area contributed by atoms with Crippen molar-refractivity contribution in [3.8, 4) is 0 Å². The molecule has 0 aliphatic rings. The molecule has 0 radical (unpaired) electrons.